The number of carbonyl (C=O) groups is 1. The van der Waals surface area contributed by atoms with E-state index in [0.717, 1.165) is 45.0 Å². The maximum Gasteiger partial charge on any atom is 0.222 e. The maximum atomic E-state index is 12.0. The molecule has 1 fully saturated rings. The second-order valence-electron chi connectivity index (χ2n) is 7.98. The number of para-hydroxylation sites is 1. The molecular formula is C23H30N4OS. The molecule has 2 aliphatic heterocycles. The molecule has 2 aromatic rings. The smallest absolute Gasteiger partial charge is 0.222 e. The molecule has 2 unspecified atom stereocenters. The van der Waals surface area contributed by atoms with Gasteiger partial charge >= 0.3 is 0 Å². The third-order valence-electron chi connectivity index (χ3n) is 6.05. The molecule has 1 aromatic carbocycles. The third-order valence-corrected chi connectivity index (χ3v) is 7.16. The van der Waals surface area contributed by atoms with Crippen LogP contribution in [0.2, 0.25) is 0 Å². The van der Waals surface area contributed by atoms with Gasteiger partial charge in [-0.2, -0.15) is 0 Å². The van der Waals surface area contributed by atoms with Crippen LogP contribution in [-0.4, -0.2) is 50.0 Å². The van der Waals surface area contributed by atoms with Gasteiger partial charge in [0.25, 0.3) is 0 Å². The van der Waals surface area contributed by atoms with Crippen molar-refractivity contribution in [2.45, 2.75) is 38.0 Å². The molecule has 4 rings (SSSR count). The lowest BCUT2D eigenvalue weighted by Gasteiger charge is -2.24. The Morgan fingerprint density at radius 1 is 1.31 bits per heavy atom. The monoisotopic (exact) mass is 410 g/mol. The van der Waals surface area contributed by atoms with Gasteiger partial charge in [-0.3, -0.25) is 9.79 Å². The van der Waals surface area contributed by atoms with Gasteiger partial charge < -0.3 is 15.1 Å². The number of amides is 1. The molecule has 1 aromatic heterocycles. The number of benzene rings is 1. The highest BCUT2D eigenvalue weighted by atomic mass is 32.1. The number of hydrogen-bond donors (Lipinski definition) is 1. The summed E-state index contributed by atoms with van der Waals surface area (Å²) in [6, 6.07) is 12.9. The Labute approximate surface area is 177 Å². The molecule has 154 valence electrons. The lowest BCUT2D eigenvalue weighted by atomic mass is 9.98. The van der Waals surface area contributed by atoms with E-state index in [4.69, 9.17) is 0 Å². The van der Waals surface area contributed by atoms with Gasteiger partial charge in [0.1, 0.15) is 0 Å². The number of thiophene rings is 1. The van der Waals surface area contributed by atoms with E-state index in [1.807, 2.05) is 11.9 Å². The number of fused-ring (bicyclic) bond motifs is 1. The predicted molar refractivity (Wildman–Crippen MR) is 121 cm³/mol. The van der Waals surface area contributed by atoms with Crippen LogP contribution in [0.5, 0.6) is 0 Å². The normalized spacial score (nSPS) is 20.3. The van der Waals surface area contributed by atoms with Gasteiger partial charge in [-0.15, -0.1) is 11.3 Å². The molecule has 1 amide bonds. The number of aliphatic imine (C=N–C) groups is 1. The van der Waals surface area contributed by atoms with Gasteiger partial charge in [-0.25, -0.2) is 0 Å². The predicted octanol–water partition coefficient (Wildman–Crippen LogP) is 4.04. The van der Waals surface area contributed by atoms with Crippen LogP contribution in [-0.2, 0) is 4.79 Å². The first-order valence-electron chi connectivity index (χ1n) is 10.6. The molecule has 1 saturated heterocycles. The quantitative estimate of drug-likeness (QED) is 0.577. The van der Waals surface area contributed by atoms with Crippen molar-refractivity contribution in [3.8, 4) is 0 Å². The highest BCUT2D eigenvalue weighted by molar-refractivity contribution is 7.10. The minimum Gasteiger partial charge on any atom is -0.355 e. The van der Waals surface area contributed by atoms with Gasteiger partial charge in [-0.1, -0.05) is 31.2 Å². The Morgan fingerprint density at radius 2 is 2.17 bits per heavy atom. The summed E-state index contributed by atoms with van der Waals surface area (Å²) in [5, 5.41) is 5.72. The van der Waals surface area contributed by atoms with E-state index in [1.165, 1.54) is 16.1 Å². The molecular weight excluding hydrogens is 380 g/mol. The molecule has 3 heterocycles. The summed E-state index contributed by atoms with van der Waals surface area (Å²) in [5.41, 5.74) is 2.61. The Kier molecular flexibility index (Phi) is 6.19. The zero-order valence-corrected chi connectivity index (χ0v) is 18.1. The van der Waals surface area contributed by atoms with Gasteiger partial charge in [0.05, 0.1) is 0 Å². The van der Waals surface area contributed by atoms with Crippen molar-refractivity contribution in [1.29, 1.82) is 0 Å². The van der Waals surface area contributed by atoms with Crippen LogP contribution in [0.15, 0.2) is 46.8 Å². The first kappa shape index (κ1) is 20.0. The molecule has 2 aliphatic rings. The zero-order chi connectivity index (χ0) is 20.2. The van der Waals surface area contributed by atoms with E-state index < -0.39 is 0 Å². The second kappa shape index (κ2) is 8.99. The minimum absolute atomic E-state index is 0.313. The molecule has 0 radical (unpaired) electrons. The lowest BCUT2D eigenvalue weighted by Crippen LogP contribution is -2.42. The fourth-order valence-corrected chi connectivity index (χ4v) is 5.19. The average Bonchev–Trinajstić information content (AvgIpc) is 3.48. The van der Waals surface area contributed by atoms with Crippen LogP contribution >= 0.6 is 11.3 Å². The molecule has 6 heteroatoms. The number of anilines is 1. The van der Waals surface area contributed by atoms with Crippen LogP contribution in [0.4, 0.5) is 5.69 Å². The second-order valence-corrected chi connectivity index (χ2v) is 8.96. The van der Waals surface area contributed by atoms with Crippen LogP contribution in [0.1, 0.15) is 48.5 Å². The summed E-state index contributed by atoms with van der Waals surface area (Å²) in [7, 11) is 1.86. The number of nitrogens with zero attached hydrogens (tertiary/aromatic N) is 3. The molecule has 5 nitrogen and oxygen atoms in total. The zero-order valence-electron chi connectivity index (χ0n) is 17.3. The van der Waals surface area contributed by atoms with E-state index in [2.05, 4.69) is 63.9 Å². The van der Waals surface area contributed by atoms with Crippen molar-refractivity contribution in [3.05, 3.63) is 52.2 Å². The minimum atomic E-state index is 0.313. The summed E-state index contributed by atoms with van der Waals surface area (Å²) in [6.07, 6.45) is 2.72. The molecule has 2 atom stereocenters. The molecule has 0 saturated carbocycles. The number of guanidine groups is 1. The molecule has 1 N–H and O–H groups in total. The third kappa shape index (κ3) is 4.32. The Bertz CT molecular complexity index is 864. The molecule has 29 heavy (non-hydrogen) atoms. The highest BCUT2D eigenvalue weighted by Gasteiger charge is 2.32. The van der Waals surface area contributed by atoms with E-state index in [-0.39, 0.29) is 0 Å². The SMILES string of the molecule is CN=C(NCC(C)c1cccs1)N1CC(CCN2CCCC2=O)c2ccccc21. The van der Waals surface area contributed by atoms with Gasteiger partial charge in [0.2, 0.25) is 5.91 Å². The Hall–Kier alpha value is -2.34. The summed E-state index contributed by atoms with van der Waals surface area (Å²) >= 11 is 1.80. The van der Waals surface area contributed by atoms with Crippen molar-refractivity contribution in [2.24, 2.45) is 4.99 Å². The average molecular weight is 411 g/mol. The highest BCUT2D eigenvalue weighted by Crippen LogP contribution is 2.38. The largest absolute Gasteiger partial charge is 0.355 e. The summed E-state index contributed by atoms with van der Waals surface area (Å²) in [5.74, 6) is 2.11. The van der Waals surface area contributed by atoms with Gasteiger partial charge in [0.15, 0.2) is 5.96 Å². The van der Waals surface area contributed by atoms with Crippen molar-refractivity contribution >= 4 is 28.9 Å². The summed E-state index contributed by atoms with van der Waals surface area (Å²) in [6.45, 7) is 5.79. The maximum absolute atomic E-state index is 12.0. The van der Waals surface area contributed by atoms with Crippen molar-refractivity contribution in [3.63, 3.8) is 0 Å². The number of rotatable bonds is 6. The summed E-state index contributed by atoms with van der Waals surface area (Å²) in [4.78, 5) is 22.3. The fourth-order valence-electron chi connectivity index (χ4n) is 4.41. The molecule has 0 aliphatic carbocycles. The number of carbonyl (C=O) groups excluding carboxylic acids is 1. The number of likely N-dealkylation sites (tertiary alicyclic amines) is 1. The van der Waals surface area contributed by atoms with E-state index in [0.29, 0.717) is 24.2 Å². The lowest BCUT2D eigenvalue weighted by molar-refractivity contribution is -0.127. The van der Waals surface area contributed by atoms with Crippen LogP contribution < -0.4 is 10.2 Å². The van der Waals surface area contributed by atoms with Crippen molar-refractivity contribution < 1.29 is 4.79 Å². The standard InChI is InChI=1S/C23H30N4OS/c1-17(21-9-6-14-29-21)15-25-23(24-2)27-16-18(19-7-3-4-8-20(19)27)11-13-26-12-5-10-22(26)28/h3-4,6-9,14,17-18H,5,10-13,15-16H2,1-2H3,(H,24,25). The van der Waals surface area contributed by atoms with Gasteiger partial charge in [0, 0.05) is 62.0 Å². The molecule has 0 bridgehead atoms. The van der Waals surface area contributed by atoms with Crippen LogP contribution in [0, 0.1) is 0 Å². The van der Waals surface area contributed by atoms with Gasteiger partial charge in [-0.05, 0) is 35.9 Å². The first-order chi connectivity index (χ1) is 14.2. The van der Waals surface area contributed by atoms with Crippen LogP contribution in [0.25, 0.3) is 0 Å². The van der Waals surface area contributed by atoms with Crippen molar-refractivity contribution in [1.82, 2.24) is 10.2 Å². The number of nitrogens with one attached hydrogen (secondary N) is 1. The fraction of sp³-hybridized carbons (Fsp3) is 0.478. The first-order valence-corrected chi connectivity index (χ1v) is 11.4. The van der Waals surface area contributed by atoms with E-state index in [1.54, 1.807) is 11.3 Å². The van der Waals surface area contributed by atoms with Crippen LogP contribution in [0.3, 0.4) is 0 Å². The topological polar surface area (TPSA) is 47.9 Å². The summed E-state index contributed by atoms with van der Waals surface area (Å²) < 4.78 is 0. The molecule has 0 spiro atoms. The number of hydrogen-bond acceptors (Lipinski definition) is 3. The van der Waals surface area contributed by atoms with E-state index >= 15 is 0 Å². The van der Waals surface area contributed by atoms with E-state index in [9.17, 15) is 4.79 Å². The Morgan fingerprint density at radius 3 is 2.90 bits per heavy atom. The Balaban J connectivity index is 1.43. The van der Waals surface area contributed by atoms with Crippen molar-refractivity contribution in [2.75, 3.05) is 38.1 Å².